The highest BCUT2D eigenvalue weighted by molar-refractivity contribution is 5.29. The molecule has 2 nitrogen and oxygen atoms in total. The summed E-state index contributed by atoms with van der Waals surface area (Å²) in [5, 5.41) is 3.14. The summed E-state index contributed by atoms with van der Waals surface area (Å²) in [6.07, 6.45) is 0. The van der Waals surface area contributed by atoms with Crippen molar-refractivity contribution >= 4 is 0 Å². The summed E-state index contributed by atoms with van der Waals surface area (Å²) in [7, 11) is 1.94. The van der Waals surface area contributed by atoms with E-state index in [1.807, 2.05) is 19.2 Å². The van der Waals surface area contributed by atoms with E-state index in [9.17, 15) is 0 Å². The number of benzene rings is 2. The van der Waals surface area contributed by atoms with E-state index < -0.39 is 0 Å². The van der Waals surface area contributed by atoms with Crippen molar-refractivity contribution in [3.63, 3.8) is 0 Å². The fourth-order valence-electron chi connectivity index (χ4n) is 1.80. The van der Waals surface area contributed by atoms with Gasteiger partial charge < -0.3 is 22.5 Å². The van der Waals surface area contributed by atoms with Gasteiger partial charge in [0.2, 0.25) is 0 Å². The molecule has 0 amide bonds. The highest BCUT2D eigenvalue weighted by Crippen LogP contribution is 2.15. The molecule has 0 fully saturated rings. The first-order chi connectivity index (χ1) is 8.78. The second kappa shape index (κ2) is 7.82. The Kier molecular flexibility index (Phi) is 6.40. The predicted octanol–water partition coefficient (Wildman–Crippen LogP) is 0.297. The van der Waals surface area contributed by atoms with Gasteiger partial charge in [0.25, 0.3) is 0 Å². The molecule has 3 heteroatoms. The van der Waals surface area contributed by atoms with E-state index in [4.69, 9.17) is 4.74 Å². The molecule has 2 aromatic rings. The van der Waals surface area contributed by atoms with Gasteiger partial charge in [-0.15, -0.1) is 0 Å². The standard InChI is InChI=1S/C16H19NO.ClH/c1-13-6-8-14(9-7-13)12-18-16-5-3-4-15(10-16)11-17-2;/h3-10,17H,11-12H2,1-2H3;1H/p-1. The molecule has 0 bridgehead atoms. The van der Waals surface area contributed by atoms with Gasteiger partial charge in [0.15, 0.2) is 0 Å². The van der Waals surface area contributed by atoms with Gasteiger partial charge in [-0.25, -0.2) is 0 Å². The summed E-state index contributed by atoms with van der Waals surface area (Å²) in [6, 6.07) is 16.6. The van der Waals surface area contributed by atoms with Crippen LogP contribution in [0.25, 0.3) is 0 Å². The van der Waals surface area contributed by atoms with Crippen LogP contribution in [-0.4, -0.2) is 7.05 Å². The van der Waals surface area contributed by atoms with Gasteiger partial charge in [-0.1, -0.05) is 42.0 Å². The monoisotopic (exact) mass is 276 g/mol. The van der Waals surface area contributed by atoms with Gasteiger partial charge in [0, 0.05) is 6.54 Å². The number of aryl methyl sites for hydroxylation is 1. The van der Waals surface area contributed by atoms with E-state index in [0.29, 0.717) is 6.61 Å². The van der Waals surface area contributed by atoms with Crippen molar-refractivity contribution in [3.05, 3.63) is 65.2 Å². The summed E-state index contributed by atoms with van der Waals surface area (Å²) >= 11 is 0. The quantitative estimate of drug-likeness (QED) is 0.848. The first-order valence-electron chi connectivity index (χ1n) is 6.20. The Hall–Kier alpha value is -1.51. The Morgan fingerprint density at radius 3 is 2.42 bits per heavy atom. The molecular formula is C16H19ClNO-. The average molecular weight is 277 g/mol. The summed E-state index contributed by atoms with van der Waals surface area (Å²) < 4.78 is 5.79. The van der Waals surface area contributed by atoms with Crippen LogP contribution in [0, 0.1) is 6.92 Å². The number of ether oxygens (including phenoxy) is 1. The molecule has 0 aliphatic rings. The van der Waals surface area contributed by atoms with Crippen LogP contribution in [0.3, 0.4) is 0 Å². The summed E-state index contributed by atoms with van der Waals surface area (Å²) in [5.74, 6) is 0.920. The van der Waals surface area contributed by atoms with Crippen LogP contribution in [0.1, 0.15) is 16.7 Å². The molecule has 0 radical (unpaired) electrons. The van der Waals surface area contributed by atoms with Crippen molar-refractivity contribution in [1.82, 2.24) is 5.32 Å². The molecule has 0 aromatic heterocycles. The summed E-state index contributed by atoms with van der Waals surface area (Å²) in [4.78, 5) is 0. The minimum atomic E-state index is 0. The molecule has 0 aliphatic heterocycles. The number of rotatable bonds is 5. The highest BCUT2D eigenvalue weighted by atomic mass is 35.5. The first kappa shape index (κ1) is 15.5. The predicted molar refractivity (Wildman–Crippen MR) is 74.7 cm³/mol. The third-order valence-corrected chi connectivity index (χ3v) is 2.81. The molecular weight excluding hydrogens is 258 g/mol. The van der Waals surface area contributed by atoms with Gasteiger partial charge in [-0.3, -0.25) is 0 Å². The fraction of sp³-hybridized carbons (Fsp3) is 0.250. The van der Waals surface area contributed by atoms with Gasteiger partial charge in [-0.05, 0) is 37.2 Å². The summed E-state index contributed by atoms with van der Waals surface area (Å²) in [6.45, 7) is 3.57. The Bertz CT molecular complexity index is 496. The van der Waals surface area contributed by atoms with E-state index >= 15 is 0 Å². The largest absolute Gasteiger partial charge is 1.00 e. The number of hydrogen-bond donors (Lipinski definition) is 1. The third-order valence-electron chi connectivity index (χ3n) is 2.81. The number of nitrogens with one attached hydrogen (secondary N) is 1. The van der Waals surface area contributed by atoms with Crippen LogP contribution in [0.5, 0.6) is 5.75 Å². The van der Waals surface area contributed by atoms with Crippen LogP contribution in [0.4, 0.5) is 0 Å². The molecule has 0 atom stereocenters. The van der Waals surface area contributed by atoms with E-state index in [0.717, 1.165) is 12.3 Å². The van der Waals surface area contributed by atoms with Crippen LogP contribution >= 0.6 is 0 Å². The zero-order valence-corrected chi connectivity index (χ0v) is 12.1. The molecule has 1 N–H and O–H groups in total. The maximum atomic E-state index is 5.79. The minimum Gasteiger partial charge on any atom is -1.00 e. The van der Waals surface area contributed by atoms with Crippen molar-refractivity contribution in [1.29, 1.82) is 0 Å². The smallest absolute Gasteiger partial charge is 0.120 e. The topological polar surface area (TPSA) is 21.3 Å². The van der Waals surface area contributed by atoms with Gasteiger partial charge >= 0.3 is 0 Å². The maximum Gasteiger partial charge on any atom is 0.120 e. The molecule has 0 saturated heterocycles. The SMILES string of the molecule is CNCc1cccc(OCc2ccc(C)cc2)c1.[Cl-]. The second-order valence-electron chi connectivity index (χ2n) is 4.45. The lowest BCUT2D eigenvalue weighted by atomic mass is 10.2. The summed E-state index contributed by atoms with van der Waals surface area (Å²) in [5.41, 5.74) is 3.70. The zero-order valence-electron chi connectivity index (χ0n) is 11.3. The van der Waals surface area contributed by atoms with Gasteiger partial charge in [-0.2, -0.15) is 0 Å². The third kappa shape index (κ3) is 4.93. The van der Waals surface area contributed by atoms with Gasteiger partial charge in [0.05, 0.1) is 0 Å². The molecule has 0 unspecified atom stereocenters. The van der Waals surface area contributed by atoms with Crippen LogP contribution in [0.2, 0.25) is 0 Å². The van der Waals surface area contributed by atoms with E-state index in [-0.39, 0.29) is 12.4 Å². The molecule has 0 aliphatic carbocycles. The molecule has 0 saturated carbocycles. The maximum absolute atomic E-state index is 5.79. The van der Waals surface area contributed by atoms with E-state index in [1.165, 1.54) is 16.7 Å². The normalized spacial score (nSPS) is 9.79. The lowest BCUT2D eigenvalue weighted by Gasteiger charge is -2.08. The Labute approximate surface area is 121 Å². The Morgan fingerprint density at radius 1 is 1.00 bits per heavy atom. The lowest BCUT2D eigenvalue weighted by Crippen LogP contribution is -3.00. The molecule has 19 heavy (non-hydrogen) atoms. The molecule has 102 valence electrons. The van der Waals surface area contributed by atoms with Crippen molar-refractivity contribution in [2.75, 3.05) is 7.05 Å². The first-order valence-corrected chi connectivity index (χ1v) is 6.20. The zero-order chi connectivity index (χ0) is 12.8. The van der Waals surface area contributed by atoms with Crippen LogP contribution in [0.15, 0.2) is 48.5 Å². The minimum absolute atomic E-state index is 0. The molecule has 0 heterocycles. The van der Waals surface area contributed by atoms with Crippen LogP contribution in [-0.2, 0) is 13.2 Å². The highest BCUT2D eigenvalue weighted by Gasteiger charge is 1.98. The van der Waals surface area contributed by atoms with Gasteiger partial charge in [0.1, 0.15) is 12.4 Å². The average Bonchev–Trinajstić information content (AvgIpc) is 2.39. The van der Waals surface area contributed by atoms with Crippen molar-refractivity contribution in [2.45, 2.75) is 20.1 Å². The Balaban J connectivity index is 0.00000180. The molecule has 0 spiro atoms. The fourth-order valence-corrected chi connectivity index (χ4v) is 1.80. The van der Waals surface area contributed by atoms with E-state index in [1.54, 1.807) is 0 Å². The van der Waals surface area contributed by atoms with Crippen molar-refractivity contribution in [2.24, 2.45) is 0 Å². The molecule has 2 rings (SSSR count). The van der Waals surface area contributed by atoms with Crippen molar-refractivity contribution in [3.8, 4) is 5.75 Å². The second-order valence-corrected chi connectivity index (χ2v) is 4.45. The Morgan fingerprint density at radius 2 is 1.74 bits per heavy atom. The molecule has 2 aromatic carbocycles. The lowest BCUT2D eigenvalue weighted by molar-refractivity contribution is -0.00000418. The number of hydrogen-bond acceptors (Lipinski definition) is 2. The number of halogens is 1. The van der Waals surface area contributed by atoms with Crippen molar-refractivity contribution < 1.29 is 17.1 Å². The van der Waals surface area contributed by atoms with E-state index in [2.05, 4.69) is 48.6 Å². The van der Waals surface area contributed by atoms with Crippen LogP contribution < -0.4 is 22.5 Å².